The monoisotopic (exact) mass is 272 g/mol. The summed E-state index contributed by atoms with van der Waals surface area (Å²) in [5.74, 6) is 2.18. The molecule has 1 aromatic heterocycles. The Bertz CT molecular complexity index is 382. The number of hydrogen-bond acceptors (Lipinski definition) is 2. The van der Waals surface area contributed by atoms with Gasteiger partial charge in [-0.1, -0.05) is 24.9 Å². The van der Waals surface area contributed by atoms with Crippen LogP contribution >= 0.6 is 23.2 Å². The first kappa shape index (κ1) is 13.0. The van der Waals surface area contributed by atoms with E-state index in [-0.39, 0.29) is 0 Å². The summed E-state index contributed by atoms with van der Waals surface area (Å²) in [5.41, 5.74) is 0.977. The van der Waals surface area contributed by atoms with Crippen molar-refractivity contribution in [2.24, 2.45) is 5.92 Å². The van der Waals surface area contributed by atoms with E-state index in [0.717, 1.165) is 35.4 Å². The van der Waals surface area contributed by atoms with Crippen LogP contribution in [0.4, 0.5) is 5.82 Å². The number of nitrogens with zero attached hydrogens (tertiary/aromatic N) is 2. The molecular formula is C13H18Cl2N2. The fraction of sp³-hybridized carbons (Fsp3) is 0.615. The van der Waals surface area contributed by atoms with Gasteiger partial charge in [-0.25, -0.2) is 4.98 Å². The number of aromatic nitrogens is 1. The van der Waals surface area contributed by atoms with Crippen molar-refractivity contribution in [2.75, 3.05) is 18.0 Å². The van der Waals surface area contributed by atoms with Crippen molar-refractivity contribution in [2.45, 2.75) is 32.1 Å². The summed E-state index contributed by atoms with van der Waals surface area (Å²) in [5, 5.41) is 0.722. The molecule has 2 nitrogen and oxygen atoms in total. The SMILES string of the molecule is CCCC1CCN(c2ncc(CCl)cc2Cl)C1. The van der Waals surface area contributed by atoms with Crippen LogP contribution in [0.25, 0.3) is 0 Å². The van der Waals surface area contributed by atoms with Gasteiger partial charge in [-0.2, -0.15) is 0 Å². The lowest BCUT2D eigenvalue weighted by molar-refractivity contribution is 0.529. The van der Waals surface area contributed by atoms with Crippen LogP contribution in [0.1, 0.15) is 31.7 Å². The molecule has 17 heavy (non-hydrogen) atoms. The fourth-order valence-electron chi connectivity index (χ4n) is 2.44. The van der Waals surface area contributed by atoms with E-state index in [4.69, 9.17) is 23.2 Å². The molecule has 0 aromatic carbocycles. The highest BCUT2D eigenvalue weighted by Gasteiger charge is 2.24. The molecule has 0 bridgehead atoms. The van der Waals surface area contributed by atoms with Crippen LogP contribution in [0.3, 0.4) is 0 Å². The molecule has 1 atom stereocenters. The van der Waals surface area contributed by atoms with Crippen LogP contribution in [0.5, 0.6) is 0 Å². The van der Waals surface area contributed by atoms with Crippen molar-refractivity contribution >= 4 is 29.0 Å². The predicted octanol–water partition coefficient (Wildman–Crippen LogP) is 4.10. The molecule has 4 heteroatoms. The molecular weight excluding hydrogens is 255 g/mol. The molecule has 1 unspecified atom stereocenters. The number of pyridine rings is 1. The second-order valence-corrected chi connectivity index (χ2v) is 5.35. The second-order valence-electron chi connectivity index (χ2n) is 4.67. The maximum Gasteiger partial charge on any atom is 0.147 e. The summed E-state index contributed by atoms with van der Waals surface area (Å²) >= 11 is 12.0. The van der Waals surface area contributed by atoms with Gasteiger partial charge < -0.3 is 4.90 Å². The van der Waals surface area contributed by atoms with Gasteiger partial charge in [-0.05, 0) is 30.4 Å². The van der Waals surface area contributed by atoms with Crippen LogP contribution in [0, 0.1) is 5.92 Å². The average Bonchev–Trinajstić information content (AvgIpc) is 2.78. The van der Waals surface area contributed by atoms with E-state index in [2.05, 4.69) is 16.8 Å². The zero-order valence-electron chi connectivity index (χ0n) is 10.1. The number of halogens is 2. The molecule has 1 aromatic rings. The smallest absolute Gasteiger partial charge is 0.147 e. The van der Waals surface area contributed by atoms with Crippen LogP contribution in [-0.4, -0.2) is 18.1 Å². The molecule has 0 aliphatic carbocycles. The van der Waals surface area contributed by atoms with Gasteiger partial charge in [0.2, 0.25) is 0 Å². The summed E-state index contributed by atoms with van der Waals surface area (Å²) in [4.78, 5) is 6.73. The zero-order valence-corrected chi connectivity index (χ0v) is 11.6. The van der Waals surface area contributed by atoms with Crippen molar-refractivity contribution in [3.8, 4) is 0 Å². The quantitative estimate of drug-likeness (QED) is 0.768. The van der Waals surface area contributed by atoms with E-state index < -0.39 is 0 Å². The third-order valence-corrected chi connectivity index (χ3v) is 3.90. The summed E-state index contributed by atoms with van der Waals surface area (Å²) in [7, 11) is 0. The van der Waals surface area contributed by atoms with Crippen LogP contribution < -0.4 is 4.90 Å². The zero-order chi connectivity index (χ0) is 12.3. The normalized spacial score (nSPS) is 19.9. The Kier molecular flexibility index (Phi) is 4.52. The van der Waals surface area contributed by atoms with Gasteiger partial charge >= 0.3 is 0 Å². The van der Waals surface area contributed by atoms with Gasteiger partial charge in [0.05, 0.1) is 5.02 Å². The highest BCUT2D eigenvalue weighted by Crippen LogP contribution is 2.30. The Labute approximate surface area is 113 Å². The van der Waals surface area contributed by atoms with E-state index >= 15 is 0 Å². The first-order chi connectivity index (χ1) is 8.24. The van der Waals surface area contributed by atoms with E-state index in [1.165, 1.54) is 19.3 Å². The van der Waals surface area contributed by atoms with E-state index in [1.54, 1.807) is 0 Å². The Balaban J connectivity index is 2.08. The molecule has 1 fully saturated rings. The third-order valence-electron chi connectivity index (χ3n) is 3.32. The molecule has 0 radical (unpaired) electrons. The maximum absolute atomic E-state index is 6.25. The molecule has 1 aliphatic rings. The van der Waals surface area contributed by atoms with Crippen molar-refractivity contribution in [1.29, 1.82) is 0 Å². The van der Waals surface area contributed by atoms with Gasteiger partial charge in [-0.3, -0.25) is 0 Å². The molecule has 0 amide bonds. The number of alkyl halides is 1. The van der Waals surface area contributed by atoms with Crippen molar-refractivity contribution in [1.82, 2.24) is 4.98 Å². The Morgan fingerprint density at radius 3 is 3.00 bits per heavy atom. The lowest BCUT2D eigenvalue weighted by atomic mass is 10.0. The molecule has 0 spiro atoms. The van der Waals surface area contributed by atoms with Gasteiger partial charge in [0, 0.05) is 25.2 Å². The molecule has 2 heterocycles. The Hall–Kier alpha value is -0.470. The number of rotatable bonds is 4. The van der Waals surface area contributed by atoms with Crippen molar-refractivity contribution in [3.63, 3.8) is 0 Å². The molecule has 0 saturated carbocycles. The summed E-state index contributed by atoms with van der Waals surface area (Å²) in [6, 6.07) is 1.92. The highest BCUT2D eigenvalue weighted by molar-refractivity contribution is 6.33. The molecule has 0 N–H and O–H groups in total. The first-order valence-corrected chi connectivity index (χ1v) is 7.11. The van der Waals surface area contributed by atoms with E-state index in [0.29, 0.717) is 5.88 Å². The van der Waals surface area contributed by atoms with Gasteiger partial charge in [0.15, 0.2) is 0 Å². The standard InChI is InChI=1S/C13H18Cl2N2/c1-2-3-10-4-5-17(9-10)13-12(15)6-11(7-14)8-16-13/h6,8,10H,2-5,7,9H2,1H3. The van der Waals surface area contributed by atoms with Crippen molar-refractivity contribution < 1.29 is 0 Å². The number of hydrogen-bond donors (Lipinski definition) is 0. The fourth-order valence-corrected chi connectivity index (χ4v) is 2.90. The van der Waals surface area contributed by atoms with Gasteiger partial charge in [0.25, 0.3) is 0 Å². The van der Waals surface area contributed by atoms with Crippen LogP contribution in [0.2, 0.25) is 5.02 Å². The van der Waals surface area contributed by atoms with Crippen molar-refractivity contribution in [3.05, 3.63) is 22.8 Å². The average molecular weight is 273 g/mol. The Morgan fingerprint density at radius 1 is 1.53 bits per heavy atom. The lowest BCUT2D eigenvalue weighted by Crippen LogP contribution is -2.21. The minimum atomic E-state index is 0.464. The molecule has 2 rings (SSSR count). The molecule has 1 aliphatic heterocycles. The lowest BCUT2D eigenvalue weighted by Gasteiger charge is -2.19. The van der Waals surface area contributed by atoms with Gasteiger partial charge in [0.1, 0.15) is 5.82 Å². The first-order valence-electron chi connectivity index (χ1n) is 6.20. The summed E-state index contributed by atoms with van der Waals surface area (Å²) in [6.07, 6.45) is 5.63. The molecule has 94 valence electrons. The summed E-state index contributed by atoms with van der Waals surface area (Å²) < 4.78 is 0. The topological polar surface area (TPSA) is 16.1 Å². The second kappa shape index (κ2) is 5.92. The van der Waals surface area contributed by atoms with E-state index in [1.807, 2.05) is 12.3 Å². The van der Waals surface area contributed by atoms with Crippen LogP contribution in [-0.2, 0) is 5.88 Å². The van der Waals surface area contributed by atoms with Gasteiger partial charge in [-0.15, -0.1) is 11.6 Å². The molecule has 1 saturated heterocycles. The largest absolute Gasteiger partial charge is 0.355 e. The minimum Gasteiger partial charge on any atom is -0.355 e. The minimum absolute atomic E-state index is 0.464. The third kappa shape index (κ3) is 3.05. The predicted molar refractivity (Wildman–Crippen MR) is 74.0 cm³/mol. The summed E-state index contributed by atoms with van der Waals surface area (Å²) in [6.45, 7) is 4.39. The number of anilines is 1. The highest BCUT2D eigenvalue weighted by atomic mass is 35.5. The Morgan fingerprint density at radius 2 is 2.35 bits per heavy atom. The van der Waals surface area contributed by atoms with E-state index in [9.17, 15) is 0 Å². The van der Waals surface area contributed by atoms with Crippen LogP contribution in [0.15, 0.2) is 12.3 Å². The maximum atomic E-state index is 6.25.